The molecule has 1 aromatic carbocycles. The molecule has 2 aliphatic rings. The molecule has 1 aliphatic heterocycles. The second-order valence-electron chi connectivity index (χ2n) is 6.42. The van der Waals surface area contributed by atoms with Gasteiger partial charge in [-0.3, -0.25) is 4.79 Å². The van der Waals surface area contributed by atoms with Gasteiger partial charge in [-0.1, -0.05) is 12.1 Å². The number of benzene rings is 1. The predicted octanol–water partition coefficient (Wildman–Crippen LogP) is 2.74. The van der Waals surface area contributed by atoms with Crippen molar-refractivity contribution in [2.45, 2.75) is 18.9 Å². The largest absolute Gasteiger partial charge is 0.381 e. The van der Waals surface area contributed by atoms with Crippen LogP contribution in [-0.2, 0) is 4.74 Å². The van der Waals surface area contributed by atoms with Crippen molar-refractivity contribution in [2.75, 3.05) is 41.8 Å². The number of morpholine rings is 1. The van der Waals surface area contributed by atoms with Crippen molar-refractivity contribution >= 4 is 23.0 Å². The average Bonchev–Trinajstić information content (AvgIpc) is 3.47. The number of hydrogen-bond donors (Lipinski definition) is 2. The summed E-state index contributed by atoms with van der Waals surface area (Å²) >= 11 is 0. The van der Waals surface area contributed by atoms with Crippen LogP contribution in [-0.4, -0.2) is 43.2 Å². The van der Waals surface area contributed by atoms with Gasteiger partial charge in [0.2, 0.25) is 0 Å². The third kappa shape index (κ3) is 3.91. The van der Waals surface area contributed by atoms with Gasteiger partial charge in [0, 0.05) is 19.1 Å². The molecule has 1 aliphatic carbocycles. The van der Waals surface area contributed by atoms with Crippen LogP contribution in [0.15, 0.2) is 42.6 Å². The second kappa shape index (κ2) is 7.11. The van der Waals surface area contributed by atoms with Gasteiger partial charge < -0.3 is 20.3 Å². The zero-order valence-corrected chi connectivity index (χ0v) is 14.1. The van der Waals surface area contributed by atoms with Crippen molar-refractivity contribution in [3.63, 3.8) is 0 Å². The molecule has 0 atom stereocenters. The molecule has 1 amide bonds. The molecule has 2 aromatic rings. The van der Waals surface area contributed by atoms with Crippen LogP contribution in [0.5, 0.6) is 0 Å². The Morgan fingerprint density at radius 1 is 1.12 bits per heavy atom. The third-order valence-corrected chi connectivity index (χ3v) is 4.45. The summed E-state index contributed by atoms with van der Waals surface area (Å²) in [6.07, 6.45) is 4.14. The molecule has 1 aromatic heterocycles. The first-order chi connectivity index (χ1) is 12.3. The average molecular weight is 338 g/mol. The van der Waals surface area contributed by atoms with Crippen LogP contribution in [0.3, 0.4) is 0 Å². The summed E-state index contributed by atoms with van der Waals surface area (Å²) in [5.74, 6) is -0.196. The van der Waals surface area contributed by atoms with E-state index in [0.717, 1.165) is 30.2 Å². The van der Waals surface area contributed by atoms with Gasteiger partial charge in [-0.2, -0.15) is 0 Å². The normalized spacial score (nSPS) is 17.2. The van der Waals surface area contributed by atoms with Crippen LogP contribution < -0.4 is 15.5 Å². The quantitative estimate of drug-likeness (QED) is 0.877. The lowest BCUT2D eigenvalue weighted by molar-refractivity contribution is 0.102. The molecule has 130 valence electrons. The van der Waals surface area contributed by atoms with Gasteiger partial charge in [0.15, 0.2) is 0 Å². The van der Waals surface area contributed by atoms with E-state index in [1.807, 2.05) is 30.3 Å². The number of rotatable bonds is 5. The number of aromatic nitrogens is 1. The molecule has 2 fully saturated rings. The van der Waals surface area contributed by atoms with Gasteiger partial charge in [0.25, 0.3) is 5.91 Å². The molecule has 0 spiro atoms. The third-order valence-electron chi connectivity index (χ3n) is 4.45. The fraction of sp³-hybridized carbons (Fsp3) is 0.368. The van der Waals surface area contributed by atoms with Crippen LogP contribution in [0.4, 0.5) is 17.1 Å². The highest BCUT2D eigenvalue weighted by Gasteiger charge is 2.21. The number of carbonyl (C=O) groups excluding carboxylic acids is 1. The van der Waals surface area contributed by atoms with Crippen LogP contribution in [0, 0.1) is 0 Å². The van der Waals surface area contributed by atoms with Crippen molar-refractivity contribution in [3.05, 3.63) is 48.3 Å². The van der Waals surface area contributed by atoms with Gasteiger partial charge in [-0.05, 0) is 37.1 Å². The number of ether oxygens (including phenoxy) is 1. The van der Waals surface area contributed by atoms with Crippen LogP contribution in [0.25, 0.3) is 0 Å². The Balaban J connectivity index is 1.46. The molecule has 2 N–H and O–H groups in total. The molecule has 0 unspecified atom stereocenters. The van der Waals surface area contributed by atoms with Gasteiger partial charge in [-0.15, -0.1) is 0 Å². The van der Waals surface area contributed by atoms with Crippen LogP contribution in [0.2, 0.25) is 0 Å². The lowest BCUT2D eigenvalue weighted by atomic mass is 10.2. The summed E-state index contributed by atoms with van der Waals surface area (Å²) in [6.45, 7) is 3.07. The Labute approximate surface area is 147 Å². The van der Waals surface area contributed by atoms with Gasteiger partial charge in [-0.25, -0.2) is 4.98 Å². The smallest absolute Gasteiger partial charge is 0.274 e. The monoisotopic (exact) mass is 338 g/mol. The van der Waals surface area contributed by atoms with E-state index in [1.165, 1.54) is 12.8 Å². The minimum atomic E-state index is -0.196. The summed E-state index contributed by atoms with van der Waals surface area (Å²) in [6, 6.07) is 12.1. The van der Waals surface area contributed by atoms with E-state index in [2.05, 4.69) is 20.5 Å². The highest BCUT2D eigenvalue weighted by Crippen LogP contribution is 2.27. The van der Waals surface area contributed by atoms with Gasteiger partial charge >= 0.3 is 0 Å². The van der Waals surface area contributed by atoms with Crippen molar-refractivity contribution in [3.8, 4) is 0 Å². The zero-order chi connectivity index (χ0) is 17.1. The Bertz CT molecular complexity index is 737. The summed E-state index contributed by atoms with van der Waals surface area (Å²) in [5, 5.41) is 6.36. The maximum Gasteiger partial charge on any atom is 0.274 e. The molecular formula is C19H22N4O2. The summed E-state index contributed by atoms with van der Waals surface area (Å²) in [7, 11) is 0. The number of amides is 1. The number of nitrogens with one attached hydrogen (secondary N) is 2. The maximum atomic E-state index is 12.6. The molecule has 25 heavy (non-hydrogen) atoms. The minimum Gasteiger partial charge on any atom is -0.381 e. The number of nitrogens with zero attached hydrogens (tertiary/aromatic N) is 2. The maximum absolute atomic E-state index is 12.6. The van der Waals surface area contributed by atoms with E-state index in [0.29, 0.717) is 24.9 Å². The minimum absolute atomic E-state index is 0.196. The van der Waals surface area contributed by atoms with E-state index < -0.39 is 0 Å². The Hall–Kier alpha value is -2.60. The molecule has 6 heteroatoms. The summed E-state index contributed by atoms with van der Waals surface area (Å²) < 4.78 is 5.41. The van der Waals surface area contributed by atoms with E-state index in [-0.39, 0.29) is 5.91 Å². The number of para-hydroxylation sites is 2. The molecule has 0 radical (unpaired) electrons. The van der Waals surface area contributed by atoms with Gasteiger partial charge in [0.05, 0.1) is 36.5 Å². The standard InChI is InChI=1S/C19H22N4O2/c24-19(17-8-7-15(13-20-17)21-14-5-6-14)22-16-3-1-2-4-18(16)23-9-11-25-12-10-23/h1-4,7-8,13-14,21H,5-6,9-12H2,(H,22,24). The van der Waals surface area contributed by atoms with E-state index >= 15 is 0 Å². The van der Waals surface area contributed by atoms with Gasteiger partial charge in [0.1, 0.15) is 5.69 Å². The molecule has 1 saturated heterocycles. The number of carbonyl (C=O) groups is 1. The van der Waals surface area contributed by atoms with Crippen LogP contribution in [0.1, 0.15) is 23.3 Å². The molecule has 2 heterocycles. The lowest BCUT2D eigenvalue weighted by Crippen LogP contribution is -2.36. The molecular weight excluding hydrogens is 316 g/mol. The van der Waals surface area contributed by atoms with Crippen molar-refractivity contribution in [2.24, 2.45) is 0 Å². The summed E-state index contributed by atoms with van der Waals surface area (Å²) in [4.78, 5) is 19.1. The number of anilines is 3. The first-order valence-electron chi connectivity index (χ1n) is 8.75. The molecule has 0 bridgehead atoms. The van der Waals surface area contributed by atoms with Crippen molar-refractivity contribution < 1.29 is 9.53 Å². The molecule has 4 rings (SSSR count). The highest BCUT2D eigenvalue weighted by atomic mass is 16.5. The topological polar surface area (TPSA) is 66.5 Å². The van der Waals surface area contributed by atoms with Crippen molar-refractivity contribution in [1.82, 2.24) is 4.98 Å². The fourth-order valence-electron chi connectivity index (χ4n) is 2.92. The first-order valence-corrected chi connectivity index (χ1v) is 8.75. The number of hydrogen-bond acceptors (Lipinski definition) is 5. The highest BCUT2D eigenvalue weighted by molar-refractivity contribution is 6.04. The van der Waals surface area contributed by atoms with E-state index in [1.54, 1.807) is 12.3 Å². The van der Waals surface area contributed by atoms with E-state index in [9.17, 15) is 4.79 Å². The van der Waals surface area contributed by atoms with Crippen molar-refractivity contribution in [1.29, 1.82) is 0 Å². The SMILES string of the molecule is O=C(Nc1ccccc1N1CCOCC1)c1ccc(NC2CC2)cn1. The Morgan fingerprint density at radius 3 is 2.64 bits per heavy atom. The Morgan fingerprint density at radius 2 is 1.92 bits per heavy atom. The molecule has 6 nitrogen and oxygen atoms in total. The van der Waals surface area contributed by atoms with Crippen LogP contribution >= 0.6 is 0 Å². The Kier molecular flexibility index (Phi) is 4.52. The van der Waals surface area contributed by atoms with E-state index in [4.69, 9.17) is 4.74 Å². The second-order valence-corrected chi connectivity index (χ2v) is 6.42. The predicted molar refractivity (Wildman–Crippen MR) is 98.3 cm³/mol. The number of pyridine rings is 1. The zero-order valence-electron chi connectivity index (χ0n) is 14.1. The lowest BCUT2D eigenvalue weighted by Gasteiger charge is -2.30. The first kappa shape index (κ1) is 15.9. The molecule has 1 saturated carbocycles. The fourth-order valence-corrected chi connectivity index (χ4v) is 2.92. The summed E-state index contributed by atoms with van der Waals surface area (Å²) in [5.41, 5.74) is 3.20.